The summed E-state index contributed by atoms with van der Waals surface area (Å²) in [5.41, 5.74) is 2.22. The van der Waals surface area contributed by atoms with Gasteiger partial charge in [0.15, 0.2) is 6.10 Å². The van der Waals surface area contributed by atoms with Gasteiger partial charge in [0.1, 0.15) is 18.1 Å². The maximum absolute atomic E-state index is 12.2. The number of rotatable bonds is 7. The number of carbonyl (C=O) groups is 1. The number of amides is 1. The van der Waals surface area contributed by atoms with E-state index in [1.165, 1.54) is 5.39 Å². The summed E-state index contributed by atoms with van der Waals surface area (Å²) in [4.78, 5) is 12.2. The molecule has 140 valence electrons. The molecule has 3 aromatic carbocycles. The normalized spacial score (nSPS) is 11.8. The van der Waals surface area contributed by atoms with E-state index < -0.39 is 6.10 Å². The third kappa shape index (κ3) is 5.23. The van der Waals surface area contributed by atoms with E-state index in [2.05, 4.69) is 23.5 Å². The Morgan fingerprint density at radius 2 is 1.63 bits per heavy atom. The minimum Gasteiger partial charge on any atom is -0.492 e. The monoisotopic (exact) mass is 363 g/mol. The molecule has 0 unspecified atom stereocenters. The van der Waals surface area contributed by atoms with Gasteiger partial charge in [0.25, 0.3) is 5.91 Å². The highest BCUT2D eigenvalue weighted by atomic mass is 16.5. The van der Waals surface area contributed by atoms with Crippen LogP contribution < -0.4 is 14.8 Å². The van der Waals surface area contributed by atoms with Gasteiger partial charge in [0.2, 0.25) is 0 Å². The Hall–Kier alpha value is -3.01. The van der Waals surface area contributed by atoms with Gasteiger partial charge in [0, 0.05) is 0 Å². The van der Waals surface area contributed by atoms with Crippen LogP contribution in [0.2, 0.25) is 0 Å². The fourth-order valence-electron chi connectivity index (χ4n) is 3.00. The van der Waals surface area contributed by atoms with Gasteiger partial charge in [-0.15, -0.1) is 0 Å². The van der Waals surface area contributed by atoms with Gasteiger partial charge >= 0.3 is 0 Å². The van der Waals surface area contributed by atoms with Crippen molar-refractivity contribution in [2.75, 3.05) is 13.2 Å². The molecule has 1 N–H and O–H groups in total. The SMILES string of the molecule is Cc1cc(C)cc(O[C@@H](C)C(=O)NCCOc2ccc3ccccc3c2)c1. The molecule has 0 aliphatic rings. The maximum atomic E-state index is 12.2. The quantitative estimate of drug-likeness (QED) is 0.632. The standard InChI is InChI=1S/C23H25NO3/c1-16-12-17(2)14-22(13-16)27-18(3)23(25)24-10-11-26-21-9-8-19-6-4-5-7-20(19)15-21/h4-9,12-15,18H,10-11H2,1-3H3,(H,24,25)/t18-/m0/s1. The maximum Gasteiger partial charge on any atom is 0.260 e. The molecule has 0 fully saturated rings. The van der Waals surface area contributed by atoms with E-state index in [-0.39, 0.29) is 5.91 Å². The van der Waals surface area contributed by atoms with E-state index in [1.807, 2.05) is 56.3 Å². The van der Waals surface area contributed by atoms with Crippen molar-refractivity contribution in [2.24, 2.45) is 0 Å². The Balaban J connectivity index is 1.45. The van der Waals surface area contributed by atoms with E-state index in [9.17, 15) is 4.79 Å². The van der Waals surface area contributed by atoms with Crippen LogP contribution in [0.4, 0.5) is 0 Å². The van der Waals surface area contributed by atoms with Crippen molar-refractivity contribution in [2.45, 2.75) is 26.9 Å². The van der Waals surface area contributed by atoms with E-state index in [1.54, 1.807) is 6.92 Å². The molecule has 4 heteroatoms. The minimum atomic E-state index is -0.563. The number of benzene rings is 3. The van der Waals surface area contributed by atoms with Crippen LogP contribution in [0.3, 0.4) is 0 Å². The zero-order valence-corrected chi connectivity index (χ0v) is 16.0. The third-order valence-corrected chi connectivity index (χ3v) is 4.27. The number of carbonyl (C=O) groups excluding carboxylic acids is 1. The Labute approximate surface area is 160 Å². The van der Waals surface area contributed by atoms with Crippen molar-refractivity contribution in [1.29, 1.82) is 0 Å². The number of nitrogens with one attached hydrogen (secondary N) is 1. The van der Waals surface area contributed by atoms with Crippen LogP contribution in [0.1, 0.15) is 18.1 Å². The predicted octanol–water partition coefficient (Wildman–Crippen LogP) is 4.42. The average molecular weight is 363 g/mol. The van der Waals surface area contributed by atoms with Gasteiger partial charge in [-0.1, -0.05) is 36.4 Å². The highest BCUT2D eigenvalue weighted by Crippen LogP contribution is 2.20. The van der Waals surface area contributed by atoms with Crippen molar-refractivity contribution in [3.8, 4) is 11.5 Å². The summed E-state index contributed by atoms with van der Waals surface area (Å²) in [6.45, 7) is 6.59. The molecular formula is C23H25NO3. The van der Waals surface area contributed by atoms with Crippen molar-refractivity contribution < 1.29 is 14.3 Å². The van der Waals surface area contributed by atoms with E-state index >= 15 is 0 Å². The van der Waals surface area contributed by atoms with Crippen molar-refractivity contribution >= 4 is 16.7 Å². The highest BCUT2D eigenvalue weighted by Gasteiger charge is 2.14. The van der Waals surface area contributed by atoms with Crippen LogP contribution in [0, 0.1) is 13.8 Å². The molecule has 0 heterocycles. The summed E-state index contributed by atoms with van der Waals surface area (Å²) < 4.78 is 11.5. The molecule has 0 aliphatic heterocycles. The molecule has 0 radical (unpaired) electrons. The highest BCUT2D eigenvalue weighted by molar-refractivity contribution is 5.83. The Kier molecular flexibility index (Phi) is 5.97. The Morgan fingerprint density at radius 3 is 2.37 bits per heavy atom. The summed E-state index contributed by atoms with van der Waals surface area (Å²) in [5, 5.41) is 5.16. The summed E-state index contributed by atoms with van der Waals surface area (Å²) in [6.07, 6.45) is -0.563. The van der Waals surface area contributed by atoms with Crippen LogP contribution >= 0.6 is 0 Å². The van der Waals surface area contributed by atoms with Gasteiger partial charge in [-0.2, -0.15) is 0 Å². The van der Waals surface area contributed by atoms with Gasteiger partial charge in [-0.05, 0) is 66.9 Å². The summed E-state index contributed by atoms with van der Waals surface area (Å²) in [6, 6.07) is 20.0. The van der Waals surface area contributed by atoms with Crippen LogP contribution in [-0.4, -0.2) is 25.2 Å². The zero-order valence-electron chi connectivity index (χ0n) is 16.0. The Morgan fingerprint density at radius 1 is 0.926 bits per heavy atom. The lowest BCUT2D eigenvalue weighted by Gasteiger charge is -2.16. The van der Waals surface area contributed by atoms with Crippen LogP contribution in [0.25, 0.3) is 10.8 Å². The lowest BCUT2D eigenvalue weighted by molar-refractivity contribution is -0.127. The lowest BCUT2D eigenvalue weighted by atomic mass is 10.1. The second-order valence-electron chi connectivity index (χ2n) is 6.73. The molecule has 1 atom stereocenters. The smallest absolute Gasteiger partial charge is 0.260 e. The summed E-state index contributed by atoms with van der Waals surface area (Å²) in [7, 11) is 0. The van der Waals surface area contributed by atoms with E-state index in [0.29, 0.717) is 18.9 Å². The number of ether oxygens (including phenoxy) is 2. The van der Waals surface area contributed by atoms with Gasteiger partial charge in [0.05, 0.1) is 6.54 Å². The third-order valence-electron chi connectivity index (χ3n) is 4.27. The number of hydrogen-bond acceptors (Lipinski definition) is 3. The molecule has 0 bridgehead atoms. The van der Waals surface area contributed by atoms with E-state index in [4.69, 9.17) is 9.47 Å². The van der Waals surface area contributed by atoms with Gasteiger partial charge < -0.3 is 14.8 Å². The molecule has 3 rings (SSSR count). The first-order valence-electron chi connectivity index (χ1n) is 9.15. The topological polar surface area (TPSA) is 47.6 Å². The van der Waals surface area contributed by atoms with Gasteiger partial charge in [-0.3, -0.25) is 4.79 Å². The average Bonchev–Trinajstić information content (AvgIpc) is 2.64. The van der Waals surface area contributed by atoms with Crippen LogP contribution in [0.15, 0.2) is 60.7 Å². The largest absolute Gasteiger partial charge is 0.492 e. The fourth-order valence-corrected chi connectivity index (χ4v) is 3.00. The Bertz CT molecular complexity index is 916. The molecule has 0 aromatic heterocycles. The molecule has 0 spiro atoms. The molecule has 0 saturated carbocycles. The van der Waals surface area contributed by atoms with Crippen molar-refractivity contribution in [3.05, 3.63) is 71.8 Å². The first-order chi connectivity index (χ1) is 13.0. The number of hydrogen-bond donors (Lipinski definition) is 1. The molecule has 0 saturated heterocycles. The second kappa shape index (κ2) is 8.58. The van der Waals surface area contributed by atoms with Crippen LogP contribution in [-0.2, 0) is 4.79 Å². The number of aryl methyl sites for hydroxylation is 2. The first kappa shape index (κ1) is 18.8. The molecule has 0 aliphatic carbocycles. The van der Waals surface area contributed by atoms with E-state index in [0.717, 1.165) is 22.3 Å². The van der Waals surface area contributed by atoms with Crippen molar-refractivity contribution in [3.63, 3.8) is 0 Å². The predicted molar refractivity (Wildman–Crippen MR) is 108 cm³/mol. The summed E-state index contributed by atoms with van der Waals surface area (Å²) >= 11 is 0. The van der Waals surface area contributed by atoms with Crippen LogP contribution in [0.5, 0.6) is 11.5 Å². The first-order valence-corrected chi connectivity index (χ1v) is 9.15. The molecule has 4 nitrogen and oxygen atoms in total. The lowest BCUT2D eigenvalue weighted by Crippen LogP contribution is -2.38. The molecule has 1 amide bonds. The second-order valence-corrected chi connectivity index (χ2v) is 6.73. The van der Waals surface area contributed by atoms with Crippen molar-refractivity contribution in [1.82, 2.24) is 5.32 Å². The molecule has 3 aromatic rings. The molecular weight excluding hydrogens is 338 g/mol. The minimum absolute atomic E-state index is 0.156. The van der Waals surface area contributed by atoms with Gasteiger partial charge in [-0.25, -0.2) is 0 Å². The number of fused-ring (bicyclic) bond motifs is 1. The molecule has 27 heavy (non-hydrogen) atoms. The summed E-state index contributed by atoms with van der Waals surface area (Å²) in [5.74, 6) is 1.35. The zero-order chi connectivity index (χ0) is 19.2. The fraction of sp³-hybridized carbons (Fsp3) is 0.261.